The number of esters is 1. The van der Waals surface area contributed by atoms with Gasteiger partial charge in [-0.2, -0.15) is 0 Å². The number of methoxy groups -OCH3 is 1. The van der Waals surface area contributed by atoms with Gasteiger partial charge in [0.05, 0.1) is 18.4 Å². The third-order valence-corrected chi connectivity index (χ3v) is 6.10. The lowest BCUT2D eigenvalue weighted by Crippen LogP contribution is -2.20. The number of carbonyl (C=O) groups is 1. The average molecular weight is 379 g/mol. The Bertz CT molecular complexity index is 786. The second-order valence-electron chi connectivity index (χ2n) is 5.33. The van der Waals surface area contributed by atoms with Crippen LogP contribution < -0.4 is 10.6 Å². The summed E-state index contributed by atoms with van der Waals surface area (Å²) in [7, 11) is 1.41. The number of thiophene rings is 1. The number of hydrogen-bond donors (Lipinski definition) is 2. The van der Waals surface area contributed by atoms with Crippen molar-refractivity contribution < 1.29 is 9.53 Å². The van der Waals surface area contributed by atoms with Gasteiger partial charge in [-0.05, 0) is 55.4 Å². The van der Waals surface area contributed by atoms with Crippen LogP contribution >= 0.6 is 35.3 Å². The Balaban J connectivity index is 1.81. The molecule has 1 heterocycles. The highest BCUT2D eigenvalue weighted by atomic mass is 32.2. The van der Waals surface area contributed by atoms with Gasteiger partial charge in [-0.25, -0.2) is 4.79 Å². The van der Waals surface area contributed by atoms with Crippen LogP contribution in [-0.2, 0) is 17.6 Å². The zero-order chi connectivity index (χ0) is 17.1. The maximum Gasteiger partial charge on any atom is 0.341 e. The van der Waals surface area contributed by atoms with Gasteiger partial charge in [0.15, 0.2) is 5.11 Å². The van der Waals surface area contributed by atoms with Crippen molar-refractivity contribution in [3.8, 4) is 0 Å². The van der Waals surface area contributed by atoms with Crippen LogP contribution in [0.3, 0.4) is 0 Å². The molecular weight excluding hydrogens is 360 g/mol. The minimum absolute atomic E-state index is 0.302. The summed E-state index contributed by atoms with van der Waals surface area (Å²) in [6, 6.07) is 7.97. The van der Waals surface area contributed by atoms with Crippen molar-refractivity contribution in [2.24, 2.45) is 0 Å². The number of fused-ring (bicyclic) bond motifs is 1. The molecule has 0 saturated carbocycles. The highest BCUT2D eigenvalue weighted by Crippen LogP contribution is 2.39. The van der Waals surface area contributed by atoms with Crippen molar-refractivity contribution in [1.29, 1.82) is 0 Å². The number of hydrogen-bond acceptors (Lipinski definition) is 5. The Morgan fingerprint density at radius 3 is 2.83 bits per heavy atom. The minimum Gasteiger partial charge on any atom is -0.465 e. The van der Waals surface area contributed by atoms with Crippen LogP contribution in [0, 0.1) is 0 Å². The normalized spacial score (nSPS) is 12.6. The van der Waals surface area contributed by atoms with Crippen molar-refractivity contribution >= 4 is 57.1 Å². The molecule has 1 aromatic carbocycles. The SMILES string of the molecule is COC(=O)c1c(NC(=S)Nc2ccccc2SC)sc2c1CCC2. The smallest absolute Gasteiger partial charge is 0.341 e. The molecule has 126 valence electrons. The molecule has 0 spiro atoms. The van der Waals surface area contributed by atoms with Crippen LogP contribution in [-0.4, -0.2) is 24.4 Å². The lowest BCUT2D eigenvalue weighted by Gasteiger charge is -2.13. The molecule has 1 aliphatic rings. The van der Waals surface area contributed by atoms with Gasteiger partial charge in [-0.1, -0.05) is 12.1 Å². The number of carbonyl (C=O) groups excluding carboxylic acids is 1. The van der Waals surface area contributed by atoms with Crippen molar-refractivity contribution in [1.82, 2.24) is 0 Å². The Kier molecular flexibility index (Phi) is 5.43. The first-order valence-corrected chi connectivity index (χ1v) is 10.0. The molecule has 0 atom stereocenters. The Morgan fingerprint density at radius 1 is 1.29 bits per heavy atom. The van der Waals surface area contributed by atoms with E-state index >= 15 is 0 Å². The quantitative estimate of drug-likeness (QED) is 0.462. The monoisotopic (exact) mass is 378 g/mol. The van der Waals surface area contributed by atoms with Crippen LogP contribution in [0.4, 0.5) is 10.7 Å². The third kappa shape index (κ3) is 3.43. The first-order chi connectivity index (χ1) is 11.6. The van der Waals surface area contributed by atoms with Gasteiger partial charge in [0.2, 0.25) is 0 Å². The van der Waals surface area contributed by atoms with E-state index in [2.05, 4.69) is 10.6 Å². The van der Waals surface area contributed by atoms with Gasteiger partial charge in [-0.15, -0.1) is 23.1 Å². The zero-order valence-corrected chi connectivity index (χ0v) is 15.9. The van der Waals surface area contributed by atoms with E-state index in [9.17, 15) is 4.79 Å². The molecule has 1 aromatic heterocycles. The van der Waals surface area contributed by atoms with Crippen molar-refractivity contribution in [2.75, 3.05) is 24.0 Å². The Morgan fingerprint density at radius 2 is 2.08 bits per heavy atom. The first-order valence-electron chi connectivity index (χ1n) is 7.58. The maximum atomic E-state index is 12.2. The molecule has 24 heavy (non-hydrogen) atoms. The lowest BCUT2D eigenvalue weighted by atomic mass is 10.1. The van der Waals surface area contributed by atoms with E-state index in [4.69, 9.17) is 17.0 Å². The fourth-order valence-corrected chi connectivity index (χ4v) is 4.93. The molecule has 0 unspecified atom stereocenters. The average Bonchev–Trinajstić information content (AvgIpc) is 3.15. The molecule has 4 nitrogen and oxygen atoms in total. The summed E-state index contributed by atoms with van der Waals surface area (Å²) < 4.78 is 4.96. The van der Waals surface area contributed by atoms with E-state index < -0.39 is 0 Å². The molecule has 2 aromatic rings. The van der Waals surface area contributed by atoms with Crippen LogP contribution in [0.5, 0.6) is 0 Å². The molecular formula is C17H18N2O2S3. The third-order valence-electron chi connectivity index (χ3n) is 3.89. The molecule has 0 amide bonds. The number of nitrogens with one attached hydrogen (secondary N) is 2. The van der Waals surface area contributed by atoms with E-state index in [1.807, 2.05) is 30.5 Å². The lowest BCUT2D eigenvalue weighted by molar-refractivity contribution is 0.0601. The van der Waals surface area contributed by atoms with Gasteiger partial charge in [0, 0.05) is 9.77 Å². The number of aryl methyl sites for hydroxylation is 1. The van der Waals surface area contributed by atoms with E-state index in [0.717, 1.165) is 40.4 Å². The number of thioether (sulfide) groups is 1. The predicted molar refractivity (Wildman–Crippen MR) is 106 cm³/mol. The molecule has 2 N–H and O–H groups in total. The summed E-state index contributed by atoms with van der Waals surface area (Å²) in [4.78, 5) is 14.5. The van der Waals surface area contributed by atoms with E-state index in [1.165, 1.54) is 12.0 Å². The summed E-state index contributed by atoms with van der Waals surface area (Å²) >= 11 is 8.69. The number of rotatable bonds is 4. The van der Waals surface area contributed by atoms with Crippen LogP contribution in [0.15, 0.2) is 29.2 Å². The number of para-hydroxylation sites is 1. The zero-order valence-electron chi connectivity index (χ0n) is 13.5. The predicted octanol–water partition coefficient (Wildman–Crippen LogP) is 4.55. The molecule has 0 bridgehead atoms. The molecule has 3 rings (SSSR count). The Hall–Kier alpha value is -1.57. The highest BCUT2D eigenvalue weighted by Gasteiger charge is 2.27. The molecule has 7 heteroatoms. The summed E-state index contributed by atoms with van der Waals surface area (Å²) in [5.74, 6) is -0.302. The largest absolute Gasteiger partial charge is 0.465 e. The van der Waals surface area contributed by atoms with Crippen LogP contribution in [0.2, 0.25) is 0 Å². The van der Waals surface area contributed by atoms with Gasteiger partial charge in [-0.3, -0.25) is 0 Å². The van der Waals surface area contributed by atoms with Gasteiger partial charge < -0.3 is 15.4 Å². The van der Waals surface area contributed by atoms with Gasteiger partial charge in [0.25, 0.3) is 0 Å². The first kappa shape index (κ1) is 17.3. The maximum absolute atomic E-state index is 12.2. The van der Waals surface area contributed by atoms with Crippen molar-refractivity contribution in [3.63, 3.8) is 0 Å². The van der Waals surface area contributed by atoms with Crippen molar-refractivity contribution in [3.05, 3.63) is 40.3 Å². The number of benzene rings is 1. The van der Waals surface area contributed by atoms with Gasteiger partial charge >= 0.3 is 5.97 Å². The summed E-state index contributed by atoms with van der Waals surface area (Å²) in [6.07, 6.45) is 5.06. The van der Waals surface area contributed by atoms with E-state index in [-0.39, 0.29) is 5.97 Å². The fourth-order valence-electron chi connectivity index (χ4n) is 2.81. The minimum atomic E-state index is -0.302. The standard InChI is InChI=1S/C17H18N2O2S3/c1-21-16(20)14-10-6-5-9-12(10)24-15(14)19-17(22)18-11-7-3-4-8-13(11)23-2/h3-4,7-8H,5-6,9H2,1-2H3,(H2,18,19,22). The second kappa shape index (κ2) is 7.55. The fraction of sp³-hybridized carbons (Fsp3) is 0.294. The highest BCUT2D eigenvalue weighted by molar-refractivity contribution is 7.98. The van der Waals surface area contributed by atoms with Crippen LogP contribution in [0.1, 0.15) is 27.2 Å². The molecule has 0 radical (unpaired) electrons. The number of thiocarbonyl (C=S) groups is 1. The summed E-state index contributed by atoms with van der Waals surface area (Å²) in [6.45, 7) is 0. The van der Waals surface area contributed by atoms with Crippen LogP contribution in [0.25, 0.3) is 0 Å². The molecule has 0 fully saturated rings. The topological polar surface area (TPSA) is 50.4 Å². The molecule has 1 aliphatic carbocycles. The van der Waals surface area contributed by atoms with Gasteiger partial charge in [0.1, 0.15) is 5.00 Å². The Labute approximate surface area is 155 Å². The summed E-state index contributed by atoms with van der Waals surface area (Å²) in [5, 5.41) is 7.64. The van der Waals surface area contributed by atoms with E-state index in [0.29, 0.717) is 10.7 Å². The number of ether oxygens (including phenoxy) is 1. The van der Waals surface area contributed by atoms with Crippen molar-refractivity contribution in [2.45, 2.75) is 24.2 Å². The summed E-state index contributed by atoms with van der Waals surface area (Å²) in [5.41, 5.74) is 2.70. The molecule has 0 aliphatic heterocycles. The van der Waals surface area contributed by atoms with E-state index in [1.54, 1.807) is 23.1 Å². The second-order valence-corrected chi connectivity index (χ2v) is 7.69. The molecule has 0 saturated heterocycles. The number of anilines is 2.